The number of aromatic nitrogens is 3. The molecule has 84 valence electrons. The Hall–Kier alpha value is -0.900. The lowest BCUT2D eigenvalue weighted by Gasteiger charge is -2.22. The molecule has 1 aliphatic rings. The third-order valence-electron chi connectivity index (χ3n) is 3.07. The van der Waals surface area contributed by atoms with Crippen molar-refractivity contribution in [3.63, 3.8) is 0 Å². The van der Waals surface area contributed by atoms with Crippen LogP contribution in [0.15, 0.2) is 6.33 Å². The molecule has 0 radical (unpaired) electrons. The summed E-state index contributed by atoms with van der Waals surface area (Å²) in [5.74, 6) is 1.87. The zero-order valence-corrected chi connectivity index (χ0v) is 9.61. The SMILES string of the molecule is CC(C)n1cnnc1CC1CCCNC1. The number of hydrogen-bond acceptors (Lipinski definition) is 3. The fourth-order valence-electron chi connectivity index (χ4n) is 2.20. The van der Waals surface area contributed by atoms with Crippen LogP contribution in [0, 0.1) is 5.92 Å². The van der Waals surface area contributed by atoms with Gasteiger partial charge in [0, 0.05) is 12.5 Å². The fraction of sp³-hybridized carbons (Fsp3) is 0.818. The van der Waals surface area contributed by atoms with E-state index in [1.54, 1.807) is 0 Å². The van der Waals surface area contributed by atoms with Crippen LogP contribution < -0.4 is 5.32 Å². The van der Waals surface area contributed by atoms with Crippen LogP contribution in [0.1, 0.15) is 38.6 Å². The van der Waals surface area contributed by atoms with Crippen molar-refractivity contribution in [2.75, 3.05) is 13.1 Å². The van der Waals surface area contributed by atoms with Gasteiger partial charge in [0.2, 0.25) is 0 Å². The highest BCUT2D eigenvalue weighted by Gasteiger charge is 2.17. The monoisotopic (exact) mass is 208 g/mol. The van der Waals surface area contributed by atoms with E-state index in [4.69, 9.17) is 0 Å². The van der Waals surface area contributed by atoms with Crippen LogP contribution in [0.25, 0.3) is 0 Å². The third-order valence-corrected chi connectivity index (χ3v) is 3.07. The Morgan fingerprint density at radius 1 is 1.60 bits per heavy atom. The maximum Gasteiger partial charge on any atom is 0.133 e. The summed E-state index contributed by atoms with van der Waals surface area (Å²) in [6.07, 6.45) is 5.51. The Morgan fingerprint density at radius 2 is 2.47 bits per heavy atom. The van der Waals surface area contributed by atoms with E-state index in [1.165, 1.54) is 19.4 Å². The van der Waals surface area contributed by atoms with Crippen LogP contribution in [0.3, 0.4) is 0 Å². The summed E-state index contributed by atoms with van der Waals surface area (Å²) in [4.78, 5) is 0. The van der Waals surface area contributed by atoms with Gasteiger partial charge in [-0.2, -0.15) is 0 Å². The molecule has 0 spiro atoms. The zero-order valence-electron chi connectivity index (χ0n) is 9.61. The molecule has 0 aliphatic carbocycles. The highest BCUT2D eigenvalue weighted by atomic mass is 15.3. The van der Waals surface area contributed by atoms with Crippen molar-refractivity contribution in [1.29, 1.82) is 0 Å². The molecule has 0 bridgehead atoms. The second-order valence-electron chi connectivity index (χ2n) is 4.66. The van der Waals surface area contributed by atoms with Crippen LogP contribution in [0.5, 0.6) is 0 Å². The predicted octanol–water partition coefficient (Wildman–Crippen LogP) is 1.40. The third kappa shape index (κ3) is 2.56. The van der Waals surface area contributed by atoms with Gasteiger partial charge >= 0.3 is 0 Å². The lowest BCUT2D eigenvalue weighted by molar-refractivity contribution is 0.363. The maximum atomic E-state index is 4.22. The Balaban J connectivity index is 1.99. The van der Waals surface area contributed by atoms with Crippen molar-refractivity contribution in [1.82, 2.24) is 20.1 Å². The van der Waals surface area contributed by atoms with Gasteiger partial charge in [0.05, 0.1) is 0 Å². The Labute approximate surface area is 91.1 Å². The molecular weight excluding hydrogens is 188 g/mol. The smallest absolute Gasteiger partial charge is 0.133 e. The standard InChI is InChI=1S/C11H20N4/c1-9(2)15-8-13-14-11(15)6-10-4-3-5-12-7-10/h8-10,12H,3-7H2,1-2H3. The molecule has 2 heterocycles. The second kappa shape index (κ2) is 4.75. The first-order chi connectivity index (χ1) is 7.27. The summed E-state index contributed by atoms with van der Waals surface area (Å²) in [6.45, 7) is 6.65. The first kappa shape index (κ1) is 10.6. The largest absolute Gasteiger partial charge is 0.316 e. The summed E-state index contributed by atoms with van der Waals surface area (Å²) in [7, 11) is 0. The van der Waals surface area contributed by atoms with E-state index in [0.717, 1.165) is 24.7 Å². The van der Waals surface area contributed by atoms with Gasteiger partial charge in [0.1, 0.15) is 12.2 Å². The normalized spacial score (nSPS) is 22.2. The minimum absolute atomic E-state index is 0.464. The number of hydrogen-bond donors (Lipinski definition) is 1. The molecule has 15 heavy (non-hydrogen) atoms. The van der Waals surface area contributed by atoms with Crippen molar-refractivity contribution in [2.24, 2.45) is 5.92 Å². The molecule has 0 aromatic carbocycles. The quantitative estimate of drug-likeness (QED) is 0.816. The van der Waals surface area contributed by atoms with Gasteiger partial charge in [-0.25, -0.2) is 0 Å². The summed E-state index contributed by atoms with van der Waals surface area (Å²) < 4.78 is 2.18. The minimum atomic E-state index is 0.464. The molecule has 4 nitrogen and oxygen atoms in total. The first-order valence-corrected chi connectivity index (χ1v) is 5.86. The van der Waals surface area contributed by atoms with E-state index in [9.17, 15) is 0 Å². The average Bonchev–Trinajstić information content (AvgIpc) is 2.67. The van der Waals surface area contributed by atoms with Crippen LogP contribution >= 0.6 is 0 Å². The van der Waals surface area contributed by atoms with E-state index in [1.807, 2.05) is 6.33 Å². The van der Waals surface area contributed by atoms with Crippen LogP contribution in [-0.2, 0) is 6.42 Å². The first-order valence-electron chi connectivity index (χ1n) is 5.86. The Morgan fingerprint density at radius 3 is 3.13 bits per heavy atom. The molecule has 1 atom stereocenters. The van der Waals surface area contributed by atoms with E-state index in [-0.39, 0.29) is 0 Å². The summed E-state index contributed by atoms with van der Waals surface area (Å²) in [5.41, 5.74) is 0. The number of piperidine rings is 1. The van der Waals surface area contributed by atoms with E-state index in [0.29, 0.717) is 6.04 Å². The molecule has 1 aromatic heterocycles. The van der Waals surface area contributed by atoms with Gasteiger partial charge in [-0.1, -0.05) is 0 Å². The molecular formula is C11H20N4. The van der Waals surface area contributed by atoms with Crippen molar-refractivity contribution >= 4 is 0 Å². The van der Waals surface area contributed by atoms with Gasteiger partial charge in [-0.3, -0.25) is 0 Å². The number of rotatable bonds is 3. The van der Waals surface area contributed by atoms with Gasteiger partial charge < -0.3 is 9.88 Å². The molecule has 1 N–H and O–H groups in total. The van der Waals surface area contributed by atoms with E-state index < -0.39 is 0 Å². The Bertz CT molecular complexity index is 299. The van der Waals surface area contributed by atoms with Gasteiger partial charge in [-0.15, -0.1) is 10.2 Å². The average molecular weight is 208 g/mol. The molecule has 1 aliphatic heterocycles. The van der Waals surface area contributed by atoms with Crippen molar-refractivity contribution in [3.8, 4) is 0 Å². The number of nitrogens with zero attached hydrogens (tertiary/aromatic N) is 3. The zero-order chi connectivity index (χ0) is 10.7. The van der Waals surface area contributed by atoms with Gasteiger partial charge in [0.15, 0.2) is 0 Å². The van der Waals surface area contributed by atoms with Crippen LogP contribution in [0.4, 0.5) is 0 Å². The Kier molecular flexibility index (Phi) is 3.36. The summed E-state index contributed by atoms with van der Waals surface area (Å²) >= 11 is 0. The van der Waals surface area contributed by atoms with Crippen LogP contribution in [-0.4, -0.2) is 27.9 Å². The minimum Gasteiger partial charge on any atom is -0.316 e. The highest BCUT2D eigenvalue weighted by Crippen LogP contribution is 2.16. The topological polar surface area (TPSA) is 42.7 Å². The highest BCUT2D eigenvalue weighted by molar-refractivity contribution is 4.91. The molecule has 0 amide bonds. The molecule has 1 saturated heterocycles. The van der Waals surface area contributed by atoms with Crippen molar-refractivity contribution < 1.29 is 0 Å². The lowest BCUT2D eigenvalue weighted by atomic mass is 9.96. The molecule has 4 heteroatoms. The maximum absolute atomic E-state index is 4.22. The molecule has 1 fully saturated rings. The lowest BCUT2D eigenvalue weighted by Crippen LogP contribution is -2.31. The predicted molar refractivity (Wildman–Crippen MR) is 59.7 cm³/mol. The van der Waals surface area contributed by atoms with E-state index >= 15 is 0 Å². The number of nitrogens with one attached hydrogen (secondary N) is 1. The molecule has 1 unspecified atom stereocenters. The van der Waals surface area contributed by atoms with Crippen molar-refractivity contribution in [2.45, 2.75) is 39.2 Å². The van der Waals surface area contributed by atoms with Gasteiger partial charge in [0.25, 0.3) is 0 Å². The summed E-state index contributed by atoms with van der Waals surface area (Å²) in [5, 5.41) is 11.7. The molecule has 0 saturated carbocycles. The van der Waals surface area contributed by atoms with E-state index in [2.05, 4.69) is 33.9 Å². The fourth-order valence-corrected chi connectivity index (χ4v) is 2.20. The second-order valence-corrected chi connectivity index (χ2v) is 4.66. The van der Waals surface area contributed by atoms with Crippen molar-refractivity contribution in [3.05, 3.63) is 12.2 Å². The molecule has 1 aromatic rings. The summed E-state index contributed by atoms with van der Waals surface area (Å²) in [6, 6.07) is 0.464. The molecule has 2 rings (SSSR count). The van der Waals surface area contributed by atoms with Gasteiger partial charge in [-0.05, 0) is 45.7 Å². The van der Waals surface area contributed by atoms with Crippen LogP contribution in [0.2, 0.25) is 0 Å².